The maximum absolute atomic E-state index is 5.98. The van der Waals surface area contributed by atoms with Gasteiger partial charge in [-0.3, -0.25) is 0 Å². The molecule has 78 valence electrons. The lowest BCUT2D eigenvalue weighted by molar-refractivity contribution is 0.873. The van der Waals surface area contributed by atoms with E-state index in [9.17, 15) is 0 Å². The number of nitrogens with zero attached hydrogens (tertiary/aromatic N) is 2. The second-order valence-electron chi connectivity index (χ2n) is 3.62. The Kier molecular flexibility index (Phi) is 2.40. The molecule has 2 aromatic rings. The van der Waals surface area contributed by atoms with Crippen molar-refractivity contribution in [3.63, 3.8) is 0 Å². The van der Waals surface area contributed by atoms with E-state index >= 15 is 0 Å². The standard InChI is InChI=1S/C11H12ClN3/c1-7-5-14-15(6-7)11-4-9(12)10(13)3-8(11)2/h3-6H,13H2,1-2H3. The Morgan fingerprint density at radius 1 is 1.33 bits per heavy atom. The number of hydrogen-bond acceptors (Lipinski definition) is 2. The minimum absolute atomic E-state index is 0.559. The van der Waals surface area contributed by atoms with Crippen LogP contribution >= 0.6 is 11.6 Å². The van der Waals surface area contributed by atoms with Crippen molar-refractivity contribution in [2.75, 3.05) is 5.73 Å². The van der Waals surface area contributed by atoms with Crippen LogP contribution in [0.25, 0.3) is 5.69 Å². The van der Waals surface area contributed by atoms with E-state index in [2.05, 4.69) is 5.10 Å². The van der Waals surface area contributed by atoms with Crippen LogP contribution < -0.4 is 5.73 Å². The zero-order chi connectivity index (χ0) is 11.0. The van der Waals surface area contributed by atoms with Crippen LogP contribution in [0.4, 0.5) is 5.69 Å². The quantitative estimate of drug-likeness (QED) is 0.753. The van der Waals surface area contributed by atoms with Crippen molar-refractivity contribution in [1.29, 1.82) is 0 Å². The molecule has 0 fully saturated rings. The van der Waals surface area contributed by atoms with Crippen molar-refractivity contribution in [3.8, 4) is 5.69 Å². The molecule has 2 rings (SSSR count). The average Bonchev–Trinajstić information content (AvgIpc) is 2.58. The van der Waals surface area contributed by atoms with Gasteiger partial charge in [0, 0.05) is 6.20 Å². The molecule has 0 aliphatic heterocycles. The Labute approximate surface area is 93.5 Å². The number of nitrogen functional groups attached to an aromatic ring is 1. The summed E-state index contributed by atoms with van der Waals surface area (Å²) in [5.41, 5.74) is 9.44. The van der Waals surface area contributed by atoms with Crippen molar-refractivity contribution in [2.24, 2.45) is 0 Å². The summed E-state index contributed by atoms with van der Waals surface area (Å²) in [5.74, 6) is 0. The van der Waals surface area contributed by atoms with Gasteiger partial charge in [0.15, 0.2) is 0 Å². The molecule has 4 heteroatoms. The fourth-order valence-electron chi connectivity index (χ4n) is 1.48. The van der Waals surface area contributed by atoms with E-state index in [0.29, 0.717) is 10.7 Å². The molecule has 15 heavy (non-hydrogen) atoms. The Morgan fingerprint density at radius 2 is 2.07 bits per heavy atom. The van der Waals surface area contributed by atoms with E-state index in [1.807, 2.05) is 38.4 Å². The molecule has 3 nitrogen and oxygen atoms in total. The normalized spacial score (nSPS) is 10.6. The van der Waals surface area contributed by atoms with Gasteiger partial charge in [-0.1, -0.05) is 11.6 Å². The van der Waals surface area contributed by atoms with Crippen LogP contribution in [-0.4, -0.2) is 9.78 Å². The SMILES string of the molecule is Cc1cnn(-c2cc(Cl)c(N)cc2C)c1. The first-order chi connectivity index (χ1) is 7.08. The van der Waals surface area contributed by atoms with Crippen LogP contribution in [0.2, 0.25) is 5.02 Å². The maximum atomic E-state index is 5.98. The number of anilines is 1. The highest BCUT2D eigenvalue weighted by molar-refractivity contribution is 6.33. The number of benzene rings is 1. The summed E-state index contributed by atoms with van der Waals surface area (Å²) in [7, 11) is 0. The van der Waals surface area contributed by atoms with Crippen molar-refractivity contribution in [2.45, 2.75) is 13.8 Å². The van der Waals surface area contributed by atoms with Gasteiger partial charge < -0.3 is 5.73 Å². The van der Waals surface area contributed by atoms with Crippen molar-refractivity contribution in [3.05, 3.63) is 40.7 Å². The van der Waals surface area contributed by atoms with Crippen LogP contribution in [0.1, 0.15) is 11.1 Å². The van der Waals surface area contributed by atoms with Crippen molar-refractivity contribution >= 4 is 17.3 Å². The van der Waals surface area contributed by atoms with Gasteiger partial charge in [0.2, 0.25) is 0 Å². The van der Waals surface area contributed by atoms with Crippen LogP contribution in [-0.2, 0) is 0 Å². The van der Waals surface area contributed by atoms with Gasteiger partial charge in [0.25, 0.3) is 0 Å². The molecule has 1 heterocycles. The number of hydrogen-bond donors (Lipinski definition) is 1. The summed E-state index contributed by atoms with van der Waals surface area (Å²) in [5, 5.41) is 4.79. The van der Waals surface area contributed by atoms with Crippen molar-refractivity contribution in [1.82, 2.24) is 9.78 Å². The van der Waals surface area contributed by atoms with Crippen LogP contribution in [0.5, 0.6) is 0 Å². The average molecular weight is 222 g/mol. The summed E-state index contributed by atoms with van der Waals surface area (Å²) >= 11 is 5.98. The van der Waals surface area contributed by atoms with E-state index in [4.69, 9.17) is 17.3 Å². The Morgan fingerprint density at radius 3 is 2.67 bits per heavy atom. The van der Waals surface area contributed by atoms with Gasteiger partial charge in [-0.2, -0.15) is 5.10 Å². The lowest BCUT2D eigenvalue weighted by atomic mass is 10.2. The summed E-state index contributed by atoms with van der Waals surface area (Å²) in [6, 6.07) is 3.69. The third-order valence-electron chi connectivity index (χ3n) is 2.27. The van der Waals surface area contributed by atoms with E-state index in [-0.39, 0.29) is 0 Å². The number of aryl methyl sites for hydroxylation is 2. The topological polar surface area (TPSA) is 43.8 Å². The van der Waals surface area contributed by atoms with Crippen molar-refractivity contribution < 1.29 is 0 Å². The molecule has 0 spiro atoms. The molecule has 0 bridgehead atoms. The first-order valence-electron chi connectivity index (χ1n) is 4.65. The molecule has 1 aromatic heterocycles. The molecular formula is C11H12ClN3. The smallest absolute Gasteiger partial charge is 0.0691 e. The number of halogens is 1. The summed E-state index contributed by atoms with van der Waals surface area (Å²) < 4.78 is 1.80. The molecule has 0 saturated heterocycles. The predicted octanol–water partition coefficient (Wildman–Crippen LogP) is 2.72. The highest BCUT2D eigenvalue weighted by atomic mass is 35.5. The molecule has 0 aliphatic carbocycles. The first-order valence-corrected chi connectivity index (χ1v) is 5.03. The van der Waals surface area contributed by atoms with Crippen LogP contribution in [0.15, 0.2) is 24.5 Å². The molecule has 0 amide bonds. The fraction of sp³-hybridized carbons (Fsp3) is 0.182. The van der Waals surface area contributed by atoms with Gasteiger partial charge in [-0.05, 0) is 37.1 Å². The Hall–Kier alpha value is -1.48. The molecule has 0 atom stereocenters. The minimum Gasteiger partial charge on any atom is -0.398 e. The number of rotatable bonds is 1. The van der Waals surface area contributed by atoms with Gasteiger partial charge in [-0.15, -0.1) is 0 Å². The van der Waals surface area contributed by atoms with Gasteiger partial charge in [0.05, 0.1) is 22.6 Å². The first kappa shape index (κ1) is 10.1. The second-order valence-corrected chi connectivity index (χ2v) is 4.03. The Bertz CT molecular complexity index is 503. The second kappa shape index (κ2) is 3.59. The zero-order valence-corrected chi connectivity index (χ0v) is 9.42. The highest BCUT2D eigenvalue weighted by Crippen LogP contribution is 2.25. The van der Waals surface area contributed by atoms with E-state index in [1.165, 1.54) is 0 Å². The summed E-state index contributed by atoms with van der Waals surface area (Å²) in [6.45, 7) is 3.98. The third kappa shape index (κ3) is 1.83. The molecule has 0 aliphatic rings. The lowest BCUT2D eigenvalue weighted by Crippen LogP contribution is -1.99. The molecule has 0 radical (unpaired) electrons. The molecule has 2 N–H and O–H groups in total. The molecule has 1 aromatic carbocycles. The van der Waals surface area contributed by atoms with Gasteiger partial charge in [-0.25, -0.2) is 4.68 Å². The van der Waals surface area contributed by atoms with Crippen LogP contribution in [0.3, 0.4) is 0 Å². The van der Waals surface area contributed by atoms with E-state index in [0.717, 1.165) is 16.8 Å². The molecule has 0 saturated carbocycles. The van der Waals surface area contributed by atoms with E-state index < -0.39 is 0 Å². The molecular weight excluding hydrogens is 210 g/mol. The zero-order valence-electron chi connectivity index (χ0n) is 8.66. The largest absolute Gasteiger partial charge is 0.398 e. The lowest BCUT2D eigenvalue weighted by Gasteiger charge is -2.08. The van der Waals surface area contributed by atoms with Gasteiger partial charge in [0.1, 0.15) is 0 Å². The summed E-state index contributed by atoms with van der Waals surface area (Å²) in [6.07, 6.45) is 3.76. The molecule has 0 unspecified atom stereocenters. The number of nitrogens with two attached hydrogens (primary N) is 1. The minimum atomic E-state index is 0.559. The Balaban J connectivity index is 2.58. The number of aromatic nitrogens is 2. The third-order valence-corrected chi connectivity index (χ3v) is 2.60. The fourth-order valence-corrected chi connectivity index (χ4v) is 1.64. The monoisotopic (exact) mass is 221 g/mol. The van der Waals surface area contributed by atoms with Crippen LogP contribution in [0, 0.1) is 13.8 Å². The van der Waals surface area contributed by atoms with Gasteiger partial charge >= 0.3 is 0 Å². The highest BCUT2D eigenvalue weighted by Gasteiger charge is 2.06. The van der Waals surface area contributed by atoms with E-state index in [1.54, 1.807) is 4.68 Å². The predicted molar refractivity (Wildman–Crippen MR) is 62.5 cm³/mol. The maximum Gasteiger partial charge on any atom is 0.0691 e. The summed E-state index contributed by atoms with van der Waals surface area (Å²) in [4.78, 5) is 0.